The first kappa shape index (κ1) is 12.6. The van der Waals surface area contributed by atoms with E-state index in [1.807, 2.05) is 4.90 Å². The molecule has 1 aliphatic carbocycles. The van der Waals surface area contributed by atoms with Crippen LogP contribution in [0.5, 0.6) is 0 Å². The van der Waals surface area contributed by atoms with E-state index < -0.39 is 0 Å². The summed E-state index contributed by atoms with van der Waals surface area (Å²) in [4.78, 5) is 13.7. The predicted octanol–water partition coefficient (Wildman–Crippen LogP) is 2.55. The maximum atomic E-state index is 11.8. The van der Waals surface area contributed by atoms with Crippen LogP contribution in [-0.2, 0) is 0 Å². The van der Waals surface area contributed by atoms with Gasteiger partial charge in [-0.1, -0.05) is 12.8 Å². The van der Waals surface area contributed by atoms with Crippen LogP contribution in [0.4, 0.5) is 4.79 Å². The van der Waals surface area contributed by atoms with Crippen molar-refractivity contribution in [2.45, 2.75) is 51.0 Å². The van der Waals surface area contributed by atoms with Crippen LogP contribution in [0, 0.1) is 0 Å². The lowest BCUT2D eigenvalue weighted by atomic mass is 10.1. The van der Waals surface area contributed by atoms with E-state index in [-0.39, 0.29) is 18.4 Å². The average Bonchev–Trinajstić information content (AvgIpc) is 2.72. The molecule has 3 nitrogen and oxygen atoms in total. The highest BCUT2D eigenvalue weighted by Gasteiger charge is 2.21. The molecule has 2 aliphatic rings. The first-order valence-corrected chi connectivity index (χ1v) is 5.92. The fraction of sp³-hybridized carbons (Fsp3) is 0.909. The molecule has 1 heterocycles. The van der Waals surface area contributed by atoms with Crippen molar-refractivity contribution < 1.29 is 4.79 Å². The van der Waals surface area contributed by atoms with E-state index in [1.165, 1.54) is 44.9 Å². The van der Waals surface area contributed by atoms with Crippen LogP contribution in [0.1, 0.15) is 44.9 Å². The molecule has 15 heavy (non-hydrogen) atoms. The molecule has 0 radical (unpaired) electrons. The Hall–Kier alpha value is -0.440. The Balaban J connectivity index is 0.00000112. The third kappa shape index (κ3) is 3.56. The van der Waals surface area contributed by atoms with Crippen LogP contribution in [0.25, 0.3) is 0 Å². The Kier molecular flexibility index (Phi) is 5.23. The SMILES string of the molecule is Cl.O=C(NC1CCCC1)N1CCCCC1. The van der Waals surface area contributed by atoms with Gasteiger partial charge in [0.05, 0.1) is 0 Å². The molecule has 1 aliphatic heterocycles. The number of piperidine rings is 1. The molecule has 4 heteroatoms. The zero-order valence-corrected chi connectivity index (χ0v) is 10.0. The van der Waals surface area contributed by atoms with Gasteiger partial charge < -0.3 is 10.2 Å². The van der Waals surface area contributed by atoms with Crippen LogP contribution in [-0.4, -0.2) is 30.1 Å². The van der Waals surface area contributed by atoms with E-state index in [9.17, 15) is 4.79 Å². The summed E-state index contributed by atoms with van der Waals surface area (Å²) in [5, 5.41) is 3.14. The number of rotatable bonds is 1. The molecule has 2 amide bonds. The molecule has 0 spiro atoms. The molecule has 2 rings (SSSR count). The van der Waals surface area contributed by atoms with Gasteiger partial charge in [-0.3, -0.25) is 0 Å². The molecule has 1 N–H and O–H groups in total. The molecular formula is C11H21ClN2O. The first-order valence-electron chi connectivity index (χ1n) is 5.92. The number of carbonyl (C=O) groups excluding carboxylic acids is 1. The van der Waals surface area contributed by atoms with Crippen molar-refractivity contribution in [3.63, 3.8) is 0 Å². The number of amides is 2. The van der Waals surface area contributed by atoms with Gasteiger partial charge in [0.1, 0.15) is 0 Å². The number of urea groups is 1. The quantitative estimate of drug-likeness (QED) is 0.741. The lowest BCUT2D eigenvalue weighted by Gasteiger charge is -2.28. The smallest absolute Gasteiger partial charge is 0.317 e. The second-order valence-corrected chi connectivity index (χ2v) is 4.48. The zero-order valence-electron chi connectivity index (χ0n) is 9.21. The maximum Gasteiger partial charge on any atom is 0.317 e. The standard InChI is InChI=1S/C11H20N2O.ClH/c14-11(12-10-6-2-3-7-10)13-8-4-1-5-9-13;/h10H,1-9H2,(H,12,14);1H. The number of nitrogens with one attached hydrogen (secondary N) is 1. The highest BCUT2D eigenvalue weighted by atomic mass is 35.5. The van der Waals surface area contributed by atoms with Gasteiger partial charge >= 0.3 is 6.03 Å². The molecule has 0 unspecified atom stereocenters. The Bertz CT molecular complexity index is 199. The second kappa shape index (κ2) is 6.21. The zero-order chi connectivity index (χ0) is 9.80. The lowest BCUT2D eigenvalue weighted by Crippen LogP contribution is -2.46. The van der Waals surface area contributed by atoms with Gasteiger partial charge in [0.15, 0.2) is 0 Å². The molecule has 0 aromatic carbocycles. The first-order chi connectivity index (χ1) is 6.86. The van der Waals surface area contributed by atoms with Gasteiger partial charge in [0.25, 0.3) is 0 Å². The topological polar surface area (TPSA) is 32.3 Å². The minimum Gasteiger partial charge on any atom is -0.335 e. The number of halogens is 1. The van der Waals surface area contributed by atoms with Crippen molar-refractivity contribution in [3.05, 3.63) is 0 Å². The Labute approximate surface area is 98.0 Å². The monoisotopic (exact) mass is 232 g/mol. The van der Waals surface area contributed by atoms with Gasteiger partial charge in [-0.05, 0) is 32.1 Å². The Morgan fingerprint density at radius 2 is 1.60 bits per heavy atom. The van der Waals surface area contributed by atoms with Gasteiger partial charge in [-0.2, -0.15) is 0 Å². The summed E-state index contributed by atoms with van der Waals surface area (Å²) in [7, 11) is 0. The summed E-state index contributed by atoms with van der Waals surface area (Å²) in [5.74, 6) is 0. The van der Waals surface area contributed by atoms with Crippen LogP contribution >= 0.6 is 12.4 Å². The van der Waals surface area contributed by atoms with Crippen LogP contribution in [0.3, 0.4) is 0 Å². The van der Waals surface area contributed by atoms with E-state index in [0.717, 1.165) is 13.1 Å². The van der Waals surface area contributed by atoms with E-state index in [4.69, 9.17) is 0 Å². The minimum atomic E-state index is 0. The largest absolute Gasteiger partial charge is 0.335 e. The summed E-state index contributed by atoms with van der Waals surface area (Å²) < 4.78 is 0. The van der Waals surface area contributed by atoms with Crippen molar-refractivity contribution >= 4 is 18.4 Å². The van der Waals surface area contributed by atoms with Gasteiger partial charge in [-0.25, -0.2) is 4.79 Å². The maximum absolute atomic E-state index is 11.8. The molecular weight excluding hydrogens is 212 g/mol. The number of hydrogen-bond acceptors (Lipinski definition) is 1. The van der Waals surface area contributed by atoms with Crippen LogP contribution in [0.15, 0.2) is 0 Å². The van der Waals surface area contributed by atoms with Crippen molar-refractivity contribution in [3.8, 4) is 0 Å². The molecule has 2 fully saturated rings. The third-order valence-corrected chi connectivity index (χ3v) is 3.33. The molecule has 0 aromatic rings. The summed E-state index contributed by atoms with van der Waals surface area (Å²) in [5.41, 5.74) is 0. The van der Waals surface area contributed by atoms with Crippen molar-refractivity contribution in [2.24, 2.45) is 0 Å². The molecule has 1 saturated heterocycles. The Morgan fingerprint density at radius 3 is 2.20 bits per heavy atom. The van der Waals surface area contributed by atoms with Crippen molar-refractivity contribution in [1.29, 1.82) is 0 Å². The molecule has 0 atom stereocenters. The highest BCUT2D eigenvalue weighted by Crippen LogP contribution is 2.18. The molecule has 0 aromatic heterocycles. The van der Waals surface area contributed by atoms with Gasteiger partial charge in [-0.15, -0.1) is 12.4 Å². The van der Waals surface area contributed by atoms with Crippen LogP contribution in [0.2, 0.25) is 0 Å². The van der Waals surface area contributed by atoms with Gasteiger partial charge in [0.2, 0.25) is 0 Å². The van der Waals surface area contributed by atoms with E-state index >= 15 is 0 Å². The van der Waals surface area contributed by atoms with E-state index in [1.54, 1.807) is 0 Å². The molecule has 0 bridgehead atoms. The van der Waals surface area contributed by atoms with Crippen LogP contribution < -0.4 is 5.32 Å². The van der Waals surface area contributed by atoms with E-state index in [2.05, 4.69) is 5.32 Å². The normalized spacial score (nSPS) is 22.3. The Morgan fingerprint density at radius 1 is 1.00 bits per heavy atom. The number of nitrogens with zero attached hydrogens (tertiary/aromatic N) is 1. The fourth-order valence-corrected chi connectivity index (χ4v) is 2.43. The molecule has 1 saturated carbocycles. The number of hydrogen-bond donors (Lipinski definition) is 1. The lowest BCUT2D eigenvalue weighted by molar-refractivity contribution is 0.182. The van der Waals surface area contributed by atoms with Gasteiger partial charge in [0, 0.05) is 19.1 Å². The number of carbonyl (C=O) groups is 1. The minimum absolute atomic E-state index is 0. The number of likely N-dealkylation sites (tertiary alicyclic amines) is 1. The van der Waals surface area contributed by atoms with E-state index in [0.29, 0.717) is 6.04 Å². The summed E-state index contributed by atoms with van der Waals surface area (Å²) in [6.07, 6.45) is 8.57. The summed E-state index contributed by atoms with van der Waals surface area (Å²) >= 11 is 0. The predicted molar refractivity (Wildman–Crippen MR) is 63.5 cm³/mol. The summed E-state index contributed by atoms with van der Waals surface area (Å²) in [6, 6.07) is 0.640. The highest BCUT2D eigenvalue weighted by molar-refractivity contribution is 5.85. The second-order valence-electron chi connectivity index (χ2n) is 4.48. The van der Waals surface area contributed by atoms with Crippen molar-refractivity contribution in [1.82, 2.24) is 10.2 Å². The average molecular weight is 233 g/mol. The summed E-state index contributed by atoms with van der Waals surface area (Å²) in [6.45, 7) is 1.91. The fourth-order valence-electron chi connectivity index (χ4n) is 2.43. The third-order valence-electron chi connectivity index (χ3n) is 3.33. The molecule has 88 valence electrons. The van der Waals surface area contributed by atoms with Crippen molar-refractivity contribution in [2.75, 3.05) is 13.1 Å².